The minimum atomic E-state index is 0.514. The predicted molar refractivity (Wildman–Crippen MR) is 75.5 cm³/mol. The fourth-order valence-electron chi connectivity index (χ4n) is 2.53. The summed E-state index contributed by atoms with van der Waals surface area (Å²) in [6.45, 7) is 2.31. The smallest absolute Gasteiger partial charge is 0.0917 e. The predicted octanol–water partition coefficient (Wildman–Crippen LogP) is 3.34. The van der Waals surface area contributed by atoms with Crippen LogP contribution in [0.2, 0.25) is 0 Å². The number of nitrogens with zero attached hydrogens (tertiary/aromatic N) is 1. The van der Waals surface area contributed by atoms with E-state index in [0.717, 1.165) is 6.54 Å². The van der Waals surface area contributed by atoms with Gasteiger partial charge < -0.3 is 10.2 Å². The van der Waals surface area contributed by atoms with E-state index in [-0.39, 0.29) is 0 Å². The lowest BCUT2D eigenvalue weighted by Gasteiger charge is -2.44. The van der Waals surface area contributed by atoms with Gasteiger partial charge in [0, 0.05) is 35.4 Å². The molecular weight excluding hydrogens is 284 g/mol. The van der Waals surface area contributed by atoms with E-state index in [9.17, 15) is 0 Å². The summed E-state index contributed by atoms with van der Waals surface area (Å²) in [6, 6.07) is 2.20. The van der Waals surface area contributed by atoms with Crippen molar-refractivity contribution < 1.29 is 0 Å². The van der Waals surface area contributed by atoms with Crippen molar-refractivity contribution >= 4 is 32.3 Å². The molecule has 0 amide bonds. The summed E-state index contributed by atoms with van der Waals surface area (Å²) in [5.41, 5.74) is 0.514. The van der Waals surface area contributed by atoms with Gasteiger partial charge in [-0.1, -0.05) is 6.42 Å². The van der Waals surface area contributed by atoms with Crippen LogP contribution in [0.3, 0.4) is 0 Å². The molecule has 4 heteroatoms. The van der Waals surface area contributed by atoms with Gasteiger partial charge in [0.2, 0.25) is 0 Å². The molecule has 1 saturated carbocycles. The molecule has 1 aromatic heterocycles. The average Bonchev–Trinajstić information content (AvgIpc) is 2.61. The first-order valence-corrected chi connectivity index (χ1v) is 7.42. The average molecular weight is 303 g/mol. The molecule has 1 aliphatic rings. The lowest BCUT2D eigenvalue weighted by molar-refractivity contribution is 0.143. The Kier molecular flexibility index (Phi) is 3.93. The Hall–Kier alpha value is -0.0600. The molecule has 1 N–H and O–H groups in total. The molecule has 0 aliphatic heterocycles. The van der Waals surface area contributed by atoms with E-state index in [1.807, 2.05) is 11.3 Å². The quantitative estimate of drug-likeness (QED) is 0.897. The first-order chi connectivity index (χ1) is 7.65. The molecule has 90 valence electrons. The van der Waals surface area contributed by atoms with Crippen molar-refractivity contribution in [2.75, 3.05) is 32.1 Å². The largest absolute Gasteiger partial charge is 0.366 e. The molecule has 16 heavy (non-hydrogen) atoms. The highest BCUT2D eigenvalue weighted by molar-refractivity contribution is 9.10. The molecule has 1 aromatic rings. The van der Waals surface area contributed by atoms with Crippen LogP contribution in [0.5, 0.6) is 0 Å². The Morgan fingerprint density at radius 3 is 2.75 bits per heavy atom. The van der Waals surface area contributed by atoms with Gasteiger partial charge in [0.15, 0.2) is 0 Å². The highest BCUT2D eigenvalue weighted by Gasteiger charge is 2.37. The van der Waals surface area contributed by atoms with Gasteiger partial charge in [0.25, 0.3) is 0 Å². The number of hydrogen-bond acceptors (Lipinski definition) is 3. The summed E-state index contributed by atoms with van der Waals surface area (Å²) in [5, 5.41) is 6.85. The Balaban J connectivity index is 1.98. The molecule has 1 fully saturated rings. The van der Waals surface area contributed by atoms with Gasteiger partial charge in [-0.2, -0.15) is 0 Å². The van der Waals surface area contributed by atoms with E-state index in [2.05, 4.69) is 51.7 Å². The minimum Gasteiger partial charge on any atom is -0.366 e. The number of hydrogen-bond donors (Lipinski definition) is 1. The van der Waals surface area contributed by atoms with E-state index < -0.39 is 0 Å². The van der Waals surface area contributed by atoms with Crippen LogP contribution in [0.1, 0.15) is 19.3 Å². The first-order valence-electron chi connectivity index (χ1n) is 5.75. The molecular formula is C12H19BrN2S. The molecule has 0 spiro atoms. The van der Waals surface area contributed by atoms with Crippen molar-refractivity contribution in [3.8, 4) is 0 Å². The second kappa shape index (κ2) is 5.07. The van der Waals surface area contributed by atoms with Crippen LogP contribution in [0, 0.1) is 5.41 Å². The summed E-state index contributed by atoms with van der Waals surface area (Å²) in [4.78, 5) is 2.39. The SMILES string of the molecule is CNCC1(CN(C)c2cc(Br)cs2)CCC1. The number of anilines is 1. The molecule has 0 saturated heterocycles. The maximum atomic E-state index is 3.51. The zero-order valence-electron chi connectivity index (χ0n) is 9.92. The van der Waals surface area contributed by atoms with Crippen LogP contribution in [0.25, 0.3) is 0 Å². The maximum absolute atomic E-state index is 3.51. The van der Waals surface area contributed by atoms with Crippen molar-refractivity contribution in [1.82, 2.24) is 5.32 Å². The lowest BCUT2D eigenvalue weighted by Crippen LogP contribution is -2.46. The highest BCUT2D eigenvalue weighted by Crippen LogP contribution is 2.42. The van der Waals surface area contributed by atoms with Gasteiger partial charge in [-0.3, -0.25) is 0 Å². The fraction of sp³-hybridized carbons (Fsp3) is 0.667. The lowest BCUT2D eigenvalue weighted by atomic mass is 9.68. The van der Waals surface area contributed by atoms with E-state index >= 15 is 0 Å². The Morgan fingerprint density at radius 2 is 2.31 bits per heavy atom. The number of rotatable bonds is 5. The second-order valence-corrected chi connectivity index (χ2v) is 6.65. The van der Waals surface area contributed by atoms with Crippen molar-refractivity contribution in [2.24, 2.45) is 5.41 Å². The second-order valence-electron chi connectivity index (χ2n) is 4.84. The van der Waals surface area contributed by atoms with Gasteiger partial charge in [0.05, 0.1) is 5.00 Å². The number of nitrogens with one attached hydrogen (secondary N) is 1. The van der Waals surface area contributed by atoms with Gasteiger partial charge in [-0.15, -0.1) is 11.3 Å². The molecule has 0 radical (unpaired) electrons. The summed E-state index contributed by atoms with van der Waals surface area (Å²) in [6.07, 6.45) is 4.12. The Morgan fingerprint density at radius 1 is 1.56 bits per heavy atom. The summed E-state index contributed by atoms with van der Waals surface area (Å²) >= 11 is 5.32. The monoisotopic (exact) mass is 302 g/mol. The van der Waals surface area contributed by atoms with Gasteiger partial charge in [-0.25, -0.2) is 0 Å². The van der Waals surface area contributed by atoms with E-state index in [1.165, 1.54) is 35.3 Å². The van der Waals surface area contributed by atoms with Crippen LogP contribution in [-0.4, -0.2) is 27.2 Å². The van der Waals surface area contributed by atoms with Gasteiger partial charge in [0.1, 0.15) is 0 Å². The summed E-state index contributed by atoms with van der Waals surface area (Å²) < 4.78 is 1.19. The van der Waals surface area contributed by atoms with E-state index in [0.29, 0.717) is 5.41 Å². The molecule has 0 bridgehead atoms. The third kappa shape index (κ3) is 2.60. The van der Waals surface area contributed by atoms with Crippen LogP contribution >= 0.6 is 27.3 Å². The Bertz CT molecular complexity index is 347. The molecule has 2 nitrogen and oxygen atoms in total. The molecule has 0 atom stereocenters. The molecule has 0 unspecified atom stereocenters. The van der Waals surface area contributed by atoms with Crippen LogP contribution in [0.4, 0.5) is 5.00 Å². The van der Waals surface area contributed by atoms with Gasteiger partial charge >= 0.3 is 0 Å². The van der Waals surface area contributed by atoms with Crippen molar-refractivity contribution in [3.63, 3.8) is 0 Å². The maximum Gasteiger partial charge on any atom is 0.0917 e. The zero-order chi connectivity index (χ0) is 11.6. The summed E-state index contributed by atoms with van der Waals surface area (Å²) in [7, 11) is 4.26. The number of thiophene rings is 1. The van der Waals surface area contributed by atoms with Crippen LogP contribution in [-0.2, 0) is 0 Å². The van der Waals surface area contributed by atoms with E-state index in [4.69, 9.17) is 0 Å². The van der Waals surface area contributed by atoms with Crippen molar-refractivity contribution in [1.29, 1.82) is 0 Å². The topological polar surface area (TPSA) is 15.3 Å². The standard InChI is InChI=1S/C12H19BrN2S/c1-14-8-12(4-3-5-12)9-15(2)11-6-10(13)7-16-11/h6-7,14H,3-5,8-9H2,1-2H3. The molecule has 2 rings (SSSR count). The first kappa shape index (κ1) is 12.4. The van der Waals surface area contributed by atoms with Crippen molar-refractivity contribution in [3.05, 3.63) is 15.9 Å². The van der Waals surface area contributed by atoms with E-state index in [1.54, 1.807) is 0 Å². The zero-order valence-corrected chi connectivity index (χ0v) is 12.3. The molecule has 1 aliphatic carbocycles. The Labute approximate surface area is 110 Å². The fourth-order valence-corrected chi connectivity index (χ4v) is 3.92. The van der Waals surface area contributed by atoms with Crippen molar-refractivity contribution in [2.45, 2.75) is 19.3 Å². The third-order valence-corrected chi connectivity index (χ3v) is 5.27. The summed E-state index contributed by atoms with van der Waals surface area (Å²) in [5.74, 6) is 0. The number of halogens is 1. The highest BCUT2D eigenvalue weighted by atomic mass is 79.9. The third-order valence-electron chi connectivity index (χ3n) is 3.47. The normalized spacial score (nSPS) is 18.2. The molecule has 1 heterocycles. The van der Waals surface area contributed by atoms with Crippen LogP contribution in [0.15, 0.2) is 15.9 Å². The molecule has 0 aromatic carbocycles. The van der Waals surface area contributed by atoms with Crippen LogP contribution < -0.4 is 10.2 Å². The van der Waals surface area contributed by atoms with Gasteiger partial charge in [-0.05, 0) is 41.9 Å². The minimum absolute atomic E-state index is 0.514.